The van der Waals surface area contributed by atoms with Gasteiger partial charge in [-0.05, 0) is 17.7 Å². The van der Waals surface area contributed by atoms with E-state index >= 15 is 0 Å². The maximum Gasteiger partial charge on any atom is 0.281 e. The lowest BCUT2D eigenvalue weighted by Gasteiger charge is -2.21. The first-order valence-electron chi connectivity index (χ1n) is 7.06. The van der Waals surface area contributed by atoms with Crippen molar-refractivity contribution in [3.05, 3.63) is 65.7 Å². The van der Waals surface area contributed by atoms with Crippen molar-refractivity contribution in [3.63, 3.8) is 0 Å². The molecule has 0 bridgehead atoms. The molecule has 0 aromatic heterocycles. The van der Waals surface area contributed by atoms with Crippen molar-refractivity contribution in [2.45, 2.75) is 11.8 Å². The average molecular weight is 294 g/mol. The fraction of sp³-hybridized carbons (Fsp3) is 0.176. The number of hydrogen-bond donors (Lipinski definition) is 1. The molecule has 1 unspecified atom stereocenters. The number of fused-ring (bicyclic) bond motifs is 1. The number of ether oxygens (including phenoxy) is 1. The molecule has 2 aliphatic rings. The van der Waals surface area contributed by atoms with Crippen molar-refractivity contribution >= 4 is 17.5 Å². The summed E-state index contributed by atoms with van der Waals surface area (Å²) in [4.78, 5) is 26.7. The predicted molar refractivity (Wildman–Crippen MR) is 80.2 cm³/mol. The number of anilines is 1. The Bertz CT molecular complexity index is 774. The van der Waals surface area contributed by atoms with Crippen LogP contribution in [0.4, 0.5) is 5.69 Å². The Balaban J connectivity index is 1.77. The van der Waals surface area contributed by atoms with Gasteiger partial charge < -0.3 is 15.0 Å². The number of benzene rings is 2. The van der Waals surface area contributed by atoms with Crippen LogP contribution >= 0.6 is 0 Å². The van der Waals surface area contributed by atoms with Gasteiger partial charge >= 0.3 is 0 Å². The SMILES string of the molecule is CN1C(=O)c2ccccc2NC(=O)C12O[C@H]2c1ccccc1. The van der Waals surface area contributed by atoms with Gasteiger partial charge in [0.05, 0.1) is 11.3 Å². The lowest BCUT2D eigenvalue weighted by molar-refractivity contribution is -0.125. The summed E-state index contributed by atoms with van der Waals surface area (Å²) >= 11 is 0. The third-order valence-corrected chi connectivity index (χ3v) is 4.23. The first kappa shape index (κ1) is 13.0. The van der Waals surface area contributed by atoms with Crippen LogP contribution in [0.3, 0.4) is 0 Å². The molecule has 2 atom stereocenters. The molecule has 1 fully saturated rings. The molecule has 2 heterocycles. The minimum atomic E-state index is -1.27. The van der Waals surface area contributed by atoms with E-state index in [0.29, 0.717) is 11.3 Å². The monoisotopic (exact) mass is 294 g/mol. The molecule has 2 aromatic carbocycles. The molecule has 1 spiro atoms. The first-order chi connectivity index (χ1) is 10.6. The van der Waals surface area contributed by atoms with Gasteiger partial charge in [0.15, 0.2) is 0 Å². The van der Waals surface area contributed by atoms with E-state index in [4.69, 9.17) is 4.74 Å². The number of rotatable bonds is 1. The van der Waals surface area contributed by atoms with Crippen molar-refractivity contribution in [1.82, 2.24) is 4.90 Å². The van der Waals surface area contributed by atoms with Gasteiger partial charge in [-0.2, -0.15) is 0 Å². The smallest absolute Gasteiger partial charge is 0.281 e. The van der Waals surface area contributed by atoms with Crippen molar-refractivity contribution in [2.75, 3.05) is 12.4 Å². The van der Waals surface area contributed by atoms with Gasteiger partial charge in [0.2, 0.25) is 0 Å². The molecular formula is C17H14N2O3. The molecule has 1 N–H and O–H groups in total. The fourth-order valence-corrected chi connectivity index (χ4v) is 2.97. The van der Waals surface area contributed by atoms with Gasteiger partial charge in [0.1, 0.15) is 6.10 Å². The Hall–Kier alpha value is -2.66. The zero-order chi connectivity index (χ0) is 15.3. The molecule has 110 valence electrons. The highest BCUT2D eigenvalue weighted by Crippen LogP contribution is 2.53. The van der Waals surface area contributed by atoms with E-state index in [9.17, 15) is 9.59 Å². The van der Waals surface area contributed by atoms with E-state index in [1.165, 1.54) is 4.90 Å². The highest BCUT2D eigenvalue weighted by molar-refractivity contribution is 6.12. The van der Waals surface area contributed by atoms with Gasteiger partial charge in [-0.25, -0.2) is 0 Å². The number of hydrogen-bond acceptors (Lipinski definition) is 3. The van der Waals surface area contributed by atoms with Crippen LogP contribution in [-0.4, -0.2) is 29.5 Å². The van der Waals surface area contributed by atoms with Crippen LogP contribution in [0.15, 0.2) is 54.6 Å². The minimum absolute atomic E-state index is 0.229. The molecule has 0 radical (unpaired) electrons. The largest absolute Gasteiger partial charge is 0.331 e. The van der Waals surface area contributed by atoms with E-state index in [1.54, 1.807) is 31.3 Å². The average Bonchev–Trinajstić information content (AvgIpc) is 3.32. The van der Waals surface area contributed by atoms with E-state index in [-0.39, 0.29) is 11.8 Å². The molecule has 2 amide bonds. The van der Waals surface area contributed by atoms with Crippen LogP contribution in [0.25, 0.3) is 0 Å². The zero-order valence-electron chi connectivity index (χ0n) is 11.9. The molecule has 5 nitrogen and oxygen atoms in total. The minimum Gasteiger partial charge on any atom is -0.331 e. The summed E-state index contributed by atoms with van der Waals surface area (Å²) in [7, 11) is 1.60. The number of likely N-dealkylation sites (N-methyl/N-ethyl adjacent to an activating group) is 1. The summed E-state index contributed by atoms with van der Waals surface area (Å²) in [5.41, 5.74) is 0.599. The number of nitrogens with one attached hydrogen (secondary N) is 1. The van der Waals surface area contributed by atoms with Crippen molar-refractivity contribution in [3.8, 4) is 0 Å². The lowest BCUT2D eigenvalue weighted by Crippen LogP contribution is -2.46. The van der Waals surface area contributed by atoms with Crippen molar-refractivity contribution in [1.29, 1.82) is 0 Å². The van der Waals surface area contributed by atoms with E-state index < -0.39 is 11.8 Å². The number of carbonyl (C=O) groups is 2. The van der Waals surface area contributed by atoms with Gasteiger partial charge in [-0.3, -0.25) is 9.59 Å². The Labute approximate surface area is 127 Å². The number of nitrogens with zero attached hydrogens (tertiary/aromatic N) is 1. The number of para-hydroxylation sites is 1. The standard InChI is InChI=1S/C17H14N2O3/c1-19-15(20)12-9-5-6-10-13(12)18-16(21)17(19)14(22-17)11-7-3-2-4-8-11/h2-10,14H,1H3,(H,18,21)/t14-,17?/m0/s1. The second-order valence-corrected chi connectivity index (χ2v) is 5.47. The van der Waals surface area contributed by atoms with Gasteiger partial charge in [0.25, 0.3) is 17.5 Å². The topological polar surface area (TPSA) is 61.9 Å². The van der Waals surface area contributed by atoms with Crippen LogP contribution in [0.1, 0.15) is 22.0 Å². The van der Waals surface area contributed by atoms with Crippen LogP contribution in [0, 0.1) is 0 Å². The molecule has 1 saturated heterocycles. The van der Waals surface area contributed by atoms with Gasteiger partial charge in [0, 0.05) is 7.05 Å². The van der Waals surface area contributed by atoms with E-state index in [0.717, 1.165) is 5.56 Å². The number of carbonyl (C=O) groups excluding carboxylic acids is 2. The molecular weight excluding hydrogens is 280 g/mol. The van der Waals surface area contributed by atoms with Gasteiger partial charge in [-0.1, -0.05) is 42.5 Å². The third kappa shape index (κ3) is 1.63. The van der Waals surface area contributed by atoms with Crippen molar-refractivity contribution < 1.29 is 14.3 Å². The van der Waals surface area contributed by atoms with Crippen LogP contribution in [0.5, 0.6) is 0 Å². The Morgan fingerprint density at radius 2 is 1.73 bits per heavy atom. The summed E-state index contributed by atoms with van der Waals surface area (Å²) in [6.45, 7) is 0. The first-order valence-corrected chi connectivity index (χ1v) is 7.06. The molecule has 2 aromatic rings. The highest BCUT2D eigenvalue weighted by atomic mass is 16.6. The summed E-state index contributed by atoms with van der Waals surface area (Å²) in [5.74, 6) is -0.547. The molecule has 22 heavy (non-hydrogen) atoms. The summed E-state index contributed by atoms with van der Waals surface area (Å²) in [5, 5.41) is 2.81. The normalized spacial score (nSPS) is 26.4. The summed E-state index contributed by atoms with van der Waals surface area (Å²) in [6, 6.07) is 16.4. The van der Waals surface area contributed by atoms with Crippen LogP contribution in [-0.2, 0) is 9.53 Å². The Kier molecular flexibility index (Phi) is 2.62. The fourth-order valence-electron chi connectivity index (χ4n) is 2.97. The Morgan fingerprint density at radius 1 is 1.05 bits per heavy atom. The van der Waals surface area contributed by atoms with Crippen molar-refractivity contribution in [2.24, 2.45) is 0 Å². The molecule has 2 aliphatic heterocycles. The highest BCUT2D eigenvalue weighted by Gasteiger charge is 2.68. The van der Waals surface area contributed by atoms with Crippen LogP contribution in [0.2, 0.25) is 0 Å². The molecule has 4 rings (SSSR count). The summed E-state index contributed by atoms with van der Waals surface area (Å²) < 4.78 is 5.73. The maximum absolute atomic E-state index is 12.7. The second kappa shape index (κ2) is 4.42. The zero-order valence-corrected chi connectivity index (χ0v) is 11.9. The third-order valence-electron chi connectivity index (χ3n) is 4.23. The Morgan fingerprint density at radius 3 is 2.50 bits per heavy atom. The van der Waals surface area contributed by atoms with Gasteiger partial charge in [-0.15, -0.1) is 0 Å². The van der Waals surface area contributed by atoms with Crippen LogP contribution < -0.4 is 5.32 Å². The molecule has 5 heteroatoms. The number of epoxide rings is 1. The molecule has 0 saturated carbocycles. The maximum atomic E-state index is 12.7. The lowest BCUT2D eigenvalue weighted by atomic mass is 10.0. The van der Waals surface area contributed by atoms with E-state index in [2.05, 4.69) is 5.32 Å². The quantitative estimate of drug-likeness (QED) is 0.820. The summed E-state index contributed by atoms with van der Waals surface area (Å²) in [6.07, 6.45) is -0.447. The molecule has 0 aliphatic carbocycles. The predicted octanol–water partition coefficient (Wildman–Crippen LogP) is 2.18. The second-order valence-electron chi connectivity index (χ2n) is 5.47. The number of amides is 2. The van der Waals surface area contributed by atoms with E-state index in [1.807, 2.05) is 30.3 Å².